The second kappa shape index (κ2) is 5.84. The van der Waals surface area contributed by atoms with Crippen molar-refractivity contribution in [3.8, 4) is 0 Å². The van der Waals surface area contributed by atoms with Crippen molar-refractivity contribution in [3.05, 3.63) is 24.2 Å². The Labute approximate surface area is 101 Å². The second-order valence-corrected chi connectivity index (χ2v) is 4.23. The molecule has 1 aliphatic heterocycles. The summed E-state index contributed by atoms with van der Waals surface area (Å²) in [4.78, 5) is 11.8. The number of amides is 1. The van der Waals surface area contributed by atoms with Crippen molar-refractivity contribution in [2.75, 3.05) is 19.8 Å². The van der Waals surface area contributed by atoms with Crippen molar-refractivity contribution in [2.24, 2.45) is 0 Å². The fraction of sp³-hybridized carbons (Fsp3) is 0.583. The maximum atomic E-state index is 11.8. The molecular formula is C12H18N2O3. The number of hydrogen-bond acceptors (Lipinski definition) is 4. The van der Waals surface area contributed by atoms with E-state index in [-0.39, 0.29) is 18.0 Å². The monoisotopic (exact) mass is 238 g/mol. The third-order valence-corrected chi connectivity index (χ3v) is 2.78. The van der Waals surface area contributed by atoms with E-state index in [1.54, 1.807) is 6.26 Å². The zero-order valence-corrected chi connectivity index (χ0v) is 9.94. The van der Waals surface area contributed by atoms with Crippen LogP contribution in [0, 0.1) is 0 Å². The van der Waals surface area contributed by atoms with Gasteiger partial charge in [-0.05, 0) is 19.1 Å². The summed E-state index contributed by atoms with van der Waals surface area (Å²) in [6.07, 6.45) is 2.04. The van der Waals surface area contributed by atoms with Crippen LogP contribution in [0.15, 0.2) is 22.8 Å². The van der Waals surface area contributed by atoms with Crippen LogP contribution in [-0.4, -0.2) is 31.7 Å². The molecule has 0 saturated carbocycles. The van der Waals surface area contributed by atoms with E-state index in [2.05, 4.69) is 10.6 Å². The minimum atomic E-state index is -0.0954. The highest BCUT2D eigenvalue weighted by Gasteiger charge is 2.18. The molecule has 1 saturated heterocycles. The Morgan fingerprint density at radius 1 is 1.71 bits per heavy atom. The van der Waals surface area contributed by atoms with Gasteiger partial charge in [-0.2, -0.15) is 0 Å². The number of carbonyl (C=O) groups excluding carboxylic acids is 1. The van der Waals surface area contributed by atoms with Crippen LogP contribution in [-0.2, 0) is 9.53 Å². The van der Waals surface area contributed by atoms with Gasteiger partial charge >= 0.3 is 0 Å². The quantitative estimate of drug-likeness (QED) is 0.815. The number of carbonyl (C=O) groups is 1. The van der Waals surface area contributed by atoms with Crippen molar-refractivity contribution >= 4 is 5.91 Å². The summed E-state index contributed by atoms with van der Waals surface area (Å²) in [5.74, 6) is 0.781. The van der Waals surface area contributed by atoms with E-state index in [4.69, 9.17) is 9.15 Å². The molecule has 0 aromatic carbocycles. The summed E-state index contributed by atoms with van der Waals surface area (Å²) in [5, 5.41) is 6.15. The number of rotatable bonds is 4. The Kier molecular flexibility index (Phi) is 4.17. The van der Waals surface area contributed by atoms with Gasteiger partial charge in [0.1, 0.15) is 5.76 Å². The van der Waals surface area contributed by atoms with Crippen LogP contribution in [0.2, 0.25) is 0 Å². The minimum Gasteiger partial charge on any atom is -0.467 e. The summed E-state index contributed by atoms with van der Waals surface area (Å²) in [6.45, 7) is 4.04. The van der Waals surface area contributed by atoms with E-state index in [1.165, 1.54) is 0 Å². The summed E-state index contributed by atoms with van der Waals surface area (Å²) >= 11 is 0. The molecule has 5 nitrogen and oxygen atoms in total. The fourth-order valence-electron chi connectivity index (χ4n) is 1.88. The molecule has 1 unspecified atom stereocenters. The minimum absolute atomic E-state index is 0.0110. The number of nitrogens with one attached hydrogen (secondary N) is 2. The molecule has 0 radical (unpaired) electrons. The first-order valence-corrected chi connectivity index (χ1v) is 5.89. The lowest BCUT2D eigenvalue weighted by Crippen LogP contribution is -2.44. The van der Waals surface area contributed by atoms with Crippen LogP contribution >= 0.6 is 0 Å². The summed E-state index contributed by atoms with van der Waals surface area (Å²) in [6, 6.07) is 3.69. The molecule has 2 N–H and O–H groups in total. The number of ether oxygens (including phenoxy) is 1. The lowest BCUT2D eigenvalue weighted by Gasteiger charge is -2.23. The van der Waals surface area contributed by atoms with Gasteiger partial charge < -0.3 is 19.8 Å². The van der Waals surface area contributed by atoms with Crippen LogP contribution in [0.3, 0.4) is 0 Å². The molecule has 17 heavy (non-hydrogen) atoms. The Morgan fingerprint density at radius 3 is 3.24 bits per heavy atom. The van der Waals surface area contributed by atoms with Crippen LogP contribution in [0.1, 0.15) is 25.1 Å². The largest absolute Gasteiger partial charge is 0.467 e. The van der Waals surface area contributed by atoms with Gasteiger partial charge in [0, 0.05) is 19.0 Å². The first-order valence-electron chi connectivity index (χ1n) is 5.89. The molecule has 1 amide bonds. The maximum absolute atomic E-state index is 11.8. The van der Waals surface area contributed by atoms with E-state index in [1.807, 2.05) is 19.1 Å². The zero-order valence-electron chi connectivity index (χ0n) is 9.94. The summed E-state index contributed by atoms with van der Waals surface area (Å²) in [7, 11) is 0. The molecule has 5 heteroatoms. The van der Waals surface area contributed by atoms with Crippen LogP contribution in [0.25, 0.3) is 0 Å². The van der Waals surface area contributed by atoms with Gasteiger partial charge in [-0.1, -0.05) is 0 Å². The lowest BCUT2D eigenvalue weighted by molar-refractivity contribution is -0.123. The highest BCUT2D eigenvalue weighted by Crippen LogP contribution is 2.12. The normalized spacial score (nSPS) is 22.1. The van der Waals surface area contributed by atoms with Crippen LogP contribution in [0.5, 0.6) is 0 Å². The Balaban J connectivity index is 1.76. The first kappa shape index (κ1) is 12.1. The average molecular weight is 238 g/mol. The molecule has 1 fully saturated rings. The van der Waals surface area contributed by atoms with Crippen molar-refractivity contribution < 1.29 is 13.9 Å². The van der Waals surface area contributed by atoms with E-state index in [9.17, 15) is 4.79 Å². The second-order valence-electron chi connectivity index (χ2n) is 4.23. The molecule has 0 aliphatic carbocycles. The van der Waals surface area contributed by atoms with Crippen molar-refractivity contribution in [1.82, 2.24) is 10.6 Å². The Morgan fingerprint density at radius 2 is 2.59 bits per heavy atom. The molecular weight excluding hydrogens is 220 g/mol. The van der Waals surface area contributed by atoms with Gasteiger partial charge in [0.25, 0.3) is 0 Å². The van der Waals surface area contributed by atoms with Crippen molar-refractivity contribution in [2.45, 2.75) is 25.4 Å². The van der Waals surface area contributed by atoms with E-state index >= 15 is 0 Å². The van der Waals surface area contributed by atoms with E-state index < -0.39 is 0 Å². The molecule has 0 spiro atoms. The molecule has 1 aromatic rings. The predicted molar refractivity (Wildman–Crippen MR) is 62.5 cm³/mol. The molecule has 2 atom stereocenters. The number of morpholine rings is 1. The van der Waals surface area contributed by atoms with Gasteiger partial charge in [-0.15, -0.1) is 0 Å². The van der Waals surface area contributed by atoms with Gasteiger partial charge in [0.15, 0.2) is 0 Å². The zero-order chi connectivity index (χ0) is 12.1. The molecule has 0 bridgehead atoms. The van der Waals surface area contributed by atoms with E-state index in [0.717, 1.165) is 18.9 Å². The number of hydrogen-bond donors (Lipinski definition) is 2. The lowest BCUT2D eigenvalue weighted by atomic mass is 10.1. The van der Waals surface area contributed by atoms with Gasteiger partial charge in [0.2, 0.25) is 5.91 Å². The summed E-state index contributed by atoms with van der Waals surface area (Å²) < 4.78 is 10.5. The van der Waals surface area contributed by atoms with Gasteiger partial charge in [-0.25, -0.2) is 0 Å². The van der Waals surface area contributed by atoms with Gasteiger partial charge in [-0.3, -0.25) is 4.79 Å². The first-order chi connectivity index (χ1) is 8.25. The third kappa shape index (κ3) is 3.57. The predicted octanol–water partition coefficient (Wildman–Crippen LogP) is 0.835. The van der Waals surface area contributed by atoms with E-state index in [0.29, 0.717) is 13.0 Å². The van der Waals surface area contributed by atoms with Crippen LogP contribution in [0.4, 0.5) is 0 Å². The highest BCUT2D eigenvalue weighted by molar-refractivity contribution is 5.77. The smallest absolute Gasteiger partial charge is 0.222 e. The maximum Gasteiger partial charge on any atom is 0.222 e. The highest BCUT2D eigenvalue weighted by atomic mass is 16.5. The Hall–Kier alpha value is -1.33. The molecule has 2 rings (SSSR count). The third-order valence-electron chi connectivity index (χ3n) is 2.78. The summed E-state index contributed by atoms with van der Waals surface area (Å²) in [5.41, 5.74) is 0. The van der Waals surface area contributed by atoms with Crippen LogP contribution < -0.4 is 10.6 Å². The molecule has 1 aliphatic rings. The molecule has 94 valence electrons. The average Bonchev–Trinajstić information content (AvgIpc) is 2.83. The van der Waals surface area contributed by atoms with Gasteiger partial charge in [0.05, 0.1) is 25.5 Å². The van der Waals surface area contributed by atoms with Crippen molar-refractivity contribution in [3.63, 3.8) is 0 Å². The standard InChI is InChI=1S/C12H18N2O3/c1-9(11-3-2-5-17-11)14-12(15)7-10-8-16-6-4-13-10/h2-3,5,9-10,13H,4,6-8H2,1H3,(H,14,15)/t9-,10?/m0/s1. The SMILES string of the molecule is C[C@H](NC(=O)CC1COCCN1)c1ccco1. The van der Waals surface area contributed by atoms with Crippen molar-refractivity contribution in [1.29, 1.82) is 0 Å². The Bertz CT molecular complexity index is 345. The molecule has 2 heterocycles. The number of furan rings is 1. The topological polar surface area (TPSA) is 63.5 Å². The fourth-order valence-corrected chi connectivity index (χ4v) is 1.88. The molecule has 1 aromatic heterocycles.